The zero-order valence-electron chi connectivity index (χ0n) is 19.1. The summed E-state index contributed by atoms with van der Waals surface area (Å²) in [6, 6.07) is 17.2. The molecule has 0 unspecified atom stereocenters. The Morgan fingerprint density at radius 2 is 1.81 bits per heavy atom. The summed E-state index contributed by atoms with van der Waals surface area (Å²) in [6.45, 7) is 4.75. The average Bonchev–Trinajstić information content (AvgIpc) is 3.24. The van der Waals surface area contributed by atoms with Crippen molar-refractivity contribution in [3.63, 3.8) is 0 Å². The van der Waals surface area contributed by atoms with Gasteiger partial charge in [-0.15, -0.1) is 0 Å². The van der Waals surface area contributed by atoms with Crippen molar-refractivity contribution < 1.29 is 4.57 Å². The zero-order chi connectivity index (χ0) is 22.3. The predicted octanol–water partition coefficient (Wildman–Crippen LogP) is 7.50. The molecule has 0 spiro atoms. The molecule has 5 rings (SSSR count). The molecule has 0 fully saturated rings. The van der Waals surface area contributed by atoms with Gasteiger partial charge in [0.2, 0.25) is 5.52 Å². The molecule has 1 aliphatic carbocycles. The molecule has 2 aliphatic rings. The van der Waals surface area contributed by atoms with Gasteiger partial charge in [-0.3, -0.25) is 0 Å². The summed E-state index contributed by atoms with van der Waals surface area (Å²) in [6.07, 6.45) is 13.7. The van der Waals surface area contributed by atoms with Crippen LogP contribution in [0.1, 0.15) is 31.7 Å². The molecule has 0 atom stereocenters. The number of allylic oxidation sites excluding steroid dienone is 6. The summed E-state index contributed by atoms with van der Waals surface area (Å²) in [5.74, 6) is 0. The number of aryl methyl sites for hydroxylation is 1. The molecule has 0 N–H and O–H groups in total. The van der Waals surface area contributed by atoms with E-state index in [9.17, 15) is 0 Å². The van der Waals surface area contributed by atoms with Gasteiger partial charge < -0.3 is 4.90 Å². The first-order valence-electron chi connectivity index (χ1n) is 11.1. The Bertz CT molecular complexity index is 1300. The molecule has 0 amide bonds. The zero-order valence-corrected chi connectivity index (χ0v) is 20.8. The fourth-order valence-corrected chi connectivity index (χ4v) is 6.82. The van der Waals surface area contributed by atoms with Crippen molar-refractivity contribution in [3.8, 4) is 0 Å². The number of para-hydroxylation sites is 2. The highest BCUT2D eigenvalue weighted by Crippen LogP contribution is 2.46. The SMILES string of the molecule is CN1/C(=C/C2=CC(=C/C=C/c3sc4ccccc4[n+]3C)/CC(C)(C)C2)Sc2ccccc21. The van der Waals surface area contributed by atoms with Crippen molar-refractivity contribution in [2.24, 2.45) is 12.5 Å². The smallest absolute Gasteiger partial charge is 0.262 e. The van der Waals surface area contributed by atoms with E-state index in [2.05, 4.69) is 116 Å². The van der Waals surface area contributed by atoms with Crippen LogP contribution in [0.15, 0.2) is 93.9 Å². The van der Waals surface area contributed by atoms with Gasteiger partial charge in [-0.25, -0.2) is 0 Å². The molecule has 1 aromatic heterocycles. The van der Waals surface area contributed by atoms with Crippen molar-refractivity contribution in [1.29, 1.82) is 0 Å². The van der Waals surface area contributed by atoms with Crippen LogP contribution in [0.4, 0.5) is 5.69 Å². The second kappa shape index (κ2) is 8.42. The van der Waals surface area contributed by atoms with Gasteiger partial charge in [-0.2, -0.15) is 4.57 Å². The number of hydrogen-bond acceptors (Lipinski definition) is 3. The second-order valence-electron chi connectivity index (χ2n) is 9.42. The lowest BCUT2D eigenvalue weighted by Crippen LogP contribution is -2.28. The number of benzene rings is 2. The Hall–Kier alpha value is -2.56. The van der Waals surface area contributed by atoms with Crippen LogP contribution in [0.25, 0.3) is 16.3 Å². The lowest BCUT2D eigenvalue weighted by Gasteiger charge is -2.30. The molecule has 0 saturated heterocycles. The first kappa shape index (κ1) is 21.3. The molecule has 162 valence electrons. The van der Waals surface area contributed by atoms with E-state index >= 15 is 0 Å². The van der Waals surface area contributed by atoms with Crippen molar-refractivity contribution in [3.05, 3.63) is 94.0 Å². The molecule has 4 heteroatoms. The minimum Gasteiger partial charge on any atom is -0.338 e. The molecular weight excluding hydrogens is 428 g/mol. The fourth-order valence-electron chi connectivity index (χ4n) is 4.63. The maximum Gasteiger partial charge on any atom is 0.262 e. The van der Waals surface area contributed by atoms with Crippen LogP contribution in [0, 0.1) is 5.41 Å². The highest BCUT2D eigenvalue weighted by Gasteiger charge is 2.27. The van der Waals surface area contributed by atoms with E-state index in [0.29, 0.717) is 0 Å². The number of nitrogens with zero attached hydrogens (tertiary/aromatic N) is 2. The van der Waals surface area contributed by atoms with E-state index in [4.69, 9.17) is 0 Å². The number of rotatable bonds is 3. The van der Waals surface area contributed by atoms with Gasteiger partial charge in [-0.1, -0.05) is 79.4 Å². The summed E-state index contributed by atoms with van der Waals surface area (Å²) >= 11 is 3.71. The van der Waals surface area contributed by atoms with Gasteiger partial charge in [0.25, 0.3) is 5.01 Å². The Kier molecular flexibility index (Phi) is 5.60. The molecular formula is C28H29N2S2+. The number of anilines is 1. The highest BCUT2D eigenvalue weighted by molar-refractivity contribution is 8.03. The molecule has 1 aliphatic heterocycles. The number of aromatic nitrogens is 1. The summed E-state index contributed by atoms with van der Waals surface area (Å²) < 4.78 is 3.60. The monoisotopic (exact) mass is 457 g/mol. The number of fused-ring (bicyclic) bond motifs is 2. The molecule has 0 radical (unpaired) electrons. The molecule has 2 aromatic carbocycles. The van der Waals surface area contributed by atoms with Crippen LogP contribution in [0.5, 0.6) is 0 Å². The van der Waals surface area contributed by atoms with E-state index in [1.807, 2.05) is 23.1 Å². The first-order chi connectivity index (χ1) is 15.4. The molecule has 0 saturated carbocycles. The van der Waals surface area contributed by atoms with Crippen molar-refractivity contribution in [2.45, 2.75) is 31.6 Å². The van der Waals surface area contributed by atoms with Crippen LogP contribution in [-0.4, -0.2) is 7.05 Å². The minimum atomic E-state index is 0.262. The Balaban J connectivity index is 1.41. The van der Waals surface area contributed by atoms with Crippen LogP contribution >= 0.6 is 23.1 Å². The van der Waals surface area contributed by atoms with Crippen LogP contribution in [0.2, 0.25) is 0 Å². The second-order valence-corrected chi connectivity index (χ2v) is 11.5. The summed E-state index contributed by atoms with van der Waals surface area (Å²) in [4.78, 5) is 3.65. The molecule has 32 heavy (non-hydrogen) atoms. The Labute approximate surface area is 199 Å². The topological polar surface area (TPSA) is 7.12 Å². The van der Waals surface area contributed by atoms with Gasteiger partial charge in [0.15, 0.2) is 0 Å². The largest absolute Gasteiger partial charge is 0.338 e. The third-order valence-corrected chi connectivity index (χ3v) is 8.49. The van der Waals surface area contributed by atoms with Gasteiger partial charge >= 0.3 is 0 Å². The van der Waals surface area contributed by atoms with E-state index in [-0.39, 0.29) is 5.41 Å². The Morgan fingerprint density at radius 1 is 1.03 bits per heavy atom. The first-order valence-corrected chi connectivity index (χ1v) is 12.7. The lowest BCUT2D eigenvalue weighted by molar-refractivity contribution is -0.642. The maximum atomic E-state index is 2.39. The third kappa shape index (κ3) is 4.22. The Morgan fingerprint density at radius 3 is 2.62 bits per heavy atom. The van der Waals surface area contributed by atoms with E-state index in [1.54, 1.807) is 0 Å². The van der Waals surface area contributed by atoms with E-state index in [1.165, 1.54) is 42.0 Å². The van der Waals surface area contributed by atoms with Crippen LogP contribution in [-0.2, 0) is 7.05 Å². The molecule has 3 aromatic rings. The summed E-state index contributed by atoms with van der Waals surface area (Å²) in [7, 11) is 4.32. The molecule has 2 nitrogen and oxygen atoms in total. The average molecular weight is 458 g/mol. The minimum absolute atomic E-state index is 0.262. The summed E-state index contributed by atoms with van der Waals surface area (Å²) in [5.41, 5.74) is 5.66. The van der Waals surface area contributed by atoms with Crippen molar-refractivity contribution in [1.82, 2.24) is 0 Å². The molecule has 0 bridgehead atoms. The fraction of sp³-hybridized carbons (Fsp3) is 0.250. The predicted molar refractivity (Wildman–Crippen MR) is 140 cm³/mol. The standard InChI is InChI=1S/C28H29N2S2/c1-28(2)18-20(10-9-15-26-29(3)22-11-5-7-13-24(22)31-26)16-21(19-28)17-27-30(4)23-12-6-8-14-25(23)32-27/h5-17H,18-19H2,1-4H3/q+1. The van der Waals surface area contributed by atoms with Crippen LogP contribution in [0.3, 0.4) is 0 Å². The van der Waals surface area contributed by atoms with Gasteiger partial charge in [0, 0.05) is 24.1 Å². The number of thioether (sulfide) groups is 1. The van der Waals surface area contributed by atoms with Crippen LogP contribution < -0.4 is 9.47 Å². The normalized spacial score (nSPS) is 20.5. The van der Waals surface area contributed by atoms with Crippen molar-refractivity contribution >= 4 is 45.1 Å². The number of thiazole rings is 1. The van der Waals surface area contributed by atoms with Crippen molar-refractivity contribution in [2.75, 3.05) is 11.9 Å². The quantitative estimate of drug-likeness (QED) is 0.376. The van der Waals surface area contributed by atoms with Gasteiger partial charge in [0.05, 0.1) is 10.7 Å². The molecule has 2 heterocycles. The lowest BCUT2D eigenvalue weighted by atomic mass is 9.75. The van der Waals surface area contributed by atoms with E-state index < -0.39 is 0 Å². The third-order valence-electron chi connectivity index (χ3n) is 6.14. The van der Waals surface area contributed by atoms with Gasteiger partial charge in [-0.05, 0) is 53.7 Å². The highest BCUT2D eigenvalue weighted by atomic mass is 32.2. The number of hydrogen-bond donors (Lipinski definition) is 0. The maximum absolute atomic E-state index is 2.39. The van der Waals surface area contributed by atoms with Gasteiger partial charge in [0.1, 0.15) is 11.7 Å². The van der Waals surface area contributed by atoms with E-state index in [0.717, 1.165) is 12.8 Å². The summed E-state index contributed by atoms with van der Waals surface area (Å²) in [5, 5.41) is 2.58.